The third kappa shape index (κ3) is 3.49. The molecule has 1 N–H and O–H groups in total. The number of amides is 1. The summed E-state index contributed by atoms with van der Waals surface area (Å²) < 4.78 is 5.19. The first kappa shape index (κ1) is 14.0. The van der Waals surface area contributed by atoms with Gasteiger partial charge in [-0.1, -0.05) is 26.8 Å². The second-order valence-corrected chi connectivity index (χ2v) is 5.05. The van der Waals surface area contributed by atoms with Gasteiger partial charge in [0.05, 0.1) is 18.9 Å². The van der Waals surface area contributed by atoms with E-state index in [-0.39, 0.29) is 17.7 Å². The zero-order chi connectivity index (χ0) is 13.8. The number of nitriles is 1. The van der Waals surface area contributed by atoms with Gasteiger partial charge in [0.1, 0.15) is 12.2 Å². The van der Waals surface area contributed by atoms with E-state index in [1.807, 2.05) is 24.3 Å². The number of nitrogens with zero attached hydrogens (tertiary/aromatic N) is 1. The van der Waals surface area contributed by atoms with E-state index >= 15 is 0 Å². The van der Waals surface area contributed by atoms with Crippen LogP contribution in [0.1, 0.15) is 32.8 Å². The molecule has 4 nitrogen and oxygen atoms in total. The number of hydrogen-bond donors (Lipinski definition) is 1. The molecule has 4 heteroatoms. The Hall–Kier alpha value is -2.02. The summed E-state index contributed by atoms with van der Waals surface area (Å²) in [5.74, 6) is 0.260. The van der Waals surface area contributed by atoms with Crippen LogP contribution in [-0.4, -0.2) is 13.0 Å². The molecule has 0 heterocycles. The Kier molecular flexibility index (Phi) is 4.33. The summed E-state index contributed by atoms with van der Waals surface area (Å²) in [6.45, 7) is 6.28. The number of carbonyl (C=O) groups is 1. The third-order valence-electron chi connectivity index (χ3n) is 2.58. The van der Waals surface area contributed by atoms with Gasteiger partial charge < -0.3 is 10.1 Å². The van der Waals surface area contributed by atoms with E-state index in [1.54, 1.807) is 7.11 Å². The van der Waals surface area contributed by atoms with Gasteiger partial charge in [0, 0.05) is 0 Å². The Morgan fingerprint density at radius 2 is 2.11 bits per heavy atom. The van der Waals surface area contributed by atoms with Crippen molar-refractivity contribution in [2.75, 3.05) is 12.4 Å². The molecular formula is C14H18N2O2. The lowest BCUT2D eigenvalue weighted by Gasteiger charge is -2.21. The van der Waals surface area contributed by atoms with Gasteiger partial charge in [0.15, 0.2) is 0 Å². The molecule has 0 atom stereocenters. The molecule has 0 radical (unpaired) electrons. The summed E-state index contributed by atoms with van der Waals surface area (Å²) in [6, 6.07) is 7.49. The summed E-state index contributed by atoms with van der Waals surface area (Å²) in [4.78, 5) is 11.5. The van der Waals surface area contributed by atoms with Gasteiger partial charge in [0.25, 0.3) is 0 Å². The van der Waals surface area contributed by atoms with Crippen LogP contribution in [0, 0.1) is 11.3 Å². The molecule has 0 aromatic heterocycles. The number of ether oxygens (including phenoxy) is 1. The van der Waals surface area contributed by atoms with Crippen LogP contribution in [0.5, 0.6) is 5.75 Å². The highest BCUT2D eigenvalue weighted by atomic mass is 16.5. The first-order valence-electron chi connectivity index (χ1n) is 5.74. The fourth-order valence-corrected chi connectivity index (χ4v) is 1.54. The molecule has 1 aromatic carbocycles. The van der Waals surface area contributed by atoms with E-state index < -0.39 is 0 Å². The second-order valence-electron chi connectivity index (χ2n) is 5.05. The highest BCUT2D eigenvalue weighted by Gasteiger charge is 2.16. The maximum Gasteiger partial charge on any atom is 0.238 e. The van der Waals surface area contributed by atoms with Crippen molar-refractivity contribution in [3.8, 4) is 11.8 Å². The van der Waals surface area contributed by atoms with E-state index in [0.717, 1.165) is 5.56 Å². The van der Waals surface area contributed by atoms with E-state index in [0.29, 0.717) is 11.4 Å². The van der Waals surface area contributed by atoms with Gasteiger partial charge in [-0.2, -0.15) is 5.26 Å². The monoisotopic (exact) mass is 246 g/mol. The Bertz CT molecular complexity index is 482. The smallest absolute Gasteiger partial charge is 0.238 e. The molecular weight excluding hydrogens is 228 g/mol. The summed E-state index contributed by atoms with van der Waals surface area (Å²) in [7, 11) is 1.55. The molecule has 1 aromatic rings. The van der Waals surface area contributed by atoms with Crippen molar-refractivity contribution in [2.24, 2.45) is 0 Å². The van der Waals surface area contributed by atoms with Crippen molar-refractivity contribution in [2.45, 2.75) is 32.6 Å². The molecule has 0 saturated carbocycles. The van der Waals surface area contributed by atoms with Gasteiger partial charge in [0.2, 0.25) is 5.91 Å². The van der Waals surface area contributed by atoms with Crippen molar-refractivity contribution < 1.29 is 9.53 Å². The minimum atomic E-state index is -0.332. The summed E-state index contributed by atoms with van der Waals surface area (Å²) in [5, 5.41) is 11.2. The largest absolute Gasteiger partial charge is 0.495 e. The number of rotatable bonds is 3. The van der Waals surface area contributed by atoms with Crippen molar-refractivity contribution in [3.63, 3.8) is 0 Å². The molecule has 96 valence electrons. The fourth-order valence-electron chi connectivity index (χ4n) is 1.54. The van der Waals surface area contributed by atoms with Crippen LogP contribution in [0.15, 0.2) is 18.2 Å². The molecule has 0 saturated heterocycles. The maximum absolute atomic E-state index is 11.5. The quantitative estimate of drug-likeness (QED) is 0.892. The molecule has 1 rings (SSSR count). The van der Waals surface area contributed by atoms with E-state index in [2.05, 4.69) is 26.1 Å². The third-order valence-corrected chi connectivity index (χ3v) is 2.58. The lowest BCUT2D eigenvalue weighted by Crippen LogP contribution is -2.14. The average molecular weight is 246 g/mol. The summed E-state index contributed by atoms with van der Waals surface area (Å²) in [6.07, 6.45) is -0.164. The fraction of sp³-hybridized carbons (Fsp3) is 0.429. The topological polar surface area (TPSA) is 62.1 Å². The molecule has 0 aliphatic heterocycles. The van der Waals surface area contributed by atoms with Crippen LogP contribution in [0.3, 0.4) is 0 Å². The normalized spacial score (nSPS) is 10.6. The zero-order valence-corrected chi connectivity index (χ0v) is 11.2. The van der Waals surface area contributed by atoms with Gasteiger partial charge in [-0.05, 0) is 23.1 Å². The number of anilines is 1. The summed E-state index contributed by atoms with van der Waals surface area (Å²) >= 11 is 0. The number of nitrogens with one attached hydrogen (secondary N) is 1. The van der Waals surface area contributed by atoms with Crippen LogP contribution < -0.4 is 10.1 Å². The van der Waals surface area contributed by atoms with Crippen molar-refractivity contribution in [3.05, 3.63) is 23.8 Å². The van der Waals surface area contributed by atoms with Crippen LogP contribution in [0.4, 0.5) is 5.69 Å². The van der Waals surface area contributed by atoms with Gasteiger partial charge in [-0.15, -0.1) is 0 Å². The molecule has 0 bridgehead atoms. The van der Waals surface area contributed by atoms with Crippen LogP contribution in [0.2, 0.25) is 0 Å². The standard InChI is InChI=1S/C14H18N2O2/c1-14(2,3)10-5-6-12(18-4)11(9-10)16-13(17)7-8-15/h5-6,9H,7H2,1-4H3,(H,16,17). The molecule has 0 unspecified atom stereocenters. The Labute approximate surface area is 108 Å². The molecule has 1 amide bonds. The first-order valence-corrected chi connectivity index (χ1v) is 5.74. The highest BCUT2D eigenvalue weighted by Crippen LogP contribution is 2.31. The minimum Gasteiger partial charge on any atom is -0.495 e. The predicted molar refractivity (Wildman–Crippen MR) is 70.6 cm³/mol. The average Bonchev–Trinajstić information content (AvgIpc) is 2.28. The Balaban J connectivity index is 3.07. The molecule has 0 aliphatic carbocycles. The van der Waals surface area contributed by atoms with E-state index in [1.165, 1.54) is 0 Å². The summed E-state index contributed by atoms with van der Waals surface area (Å²) in [5.41, 5.74) is 1.68. The molecule has 18 heavy (non-hydrogen) atoms. The number of benzene rings is 1. The van der Waals surface area contributed by atoms with E-state index in [4.69, 9.17) is 10.00 Å². The number of hydrogen-bond acceptors (Lipinski definition) is 3. The number of methoxy groups -OCH3 is 1. The van der Waals surface area contributed by atoms with Crippen LogP contribution in [0.25, 0.3) is 0 Å². The second kappa shape index (κ2) is 5.54. The SMILES string of the molecule is COc1ccc(C(C)(C)C)cc1NC(=O)CC#N. The maximum atomic E-state index is 11.5. The molecule has 0 fully saturated rings. The van der Waals surface area contributed by atoms with E-state index in [9.17, 15) is 4.79 Å². The van der Waals surface area contributed by atoms with Gasteiger partial charge in [-0.3, -0.25) is 4.79 Å². The Morgan fingerprint density at radius 3 is 2.61 bits per heavy atom. The lowest BCUT2D eigenvalue weighted by atomic mass is 9.87. The predicted octanol–water partition coefficient (Wildman–Crippen LogP) is 2.84. The minimum absolute atomic E-state index is 0.0129. The van der Waals surface area contributed by atoms with Crippen molar-refractivity contribution in [1.29, 1.82) is 5.26 Å². The van der Waals surface area contributed by atoms with Crippen molar-refractivity contribution >= 4 is 11.6 Å². The number of carbonyl (C=O) groups excluding carboxylic acids is 1. The molecule has 0 aliphatic rings. The van der Waals surface area contributed by atoms with Gasteiger partial charge in [-0.25, -0.2) is 0 Å². The van der Waals surface area contributed by atoms with Crippen LogP contribution in [-0.2, 0) is 10.2 Å². The van der Waals surface area contributed by atoms with Crippen LogP contribution >= 0.6 is 0 Å². The molecule has 0 spiro atoms. The zero-order valence-electron chi connectivity index (χ0n) is 11.2. The lowest BCUT2D eigenvalue weighted by molar-refractivity contribution is -0.115. The first-order chi connectivity index (χ1) is 8.38. The highest BCUT2D eigenvalue weighted by molar-refractivity contribution is 5.93. The Morgan fingerprint density at radius 1 is 1.44 bits per heavy atom. The van der Waals surface area contributed by atoms with Gasteiger partial charge >= 0.3 is 0 Å². The van der Waals surface area contributed by atoms with Crippen molar-refractivity contribution in [1.82, 2.24) is 0 Å².